The average Bonchev–Trinajstić information content (AvgIpc) is 2.37. The Morgan fingerprint density at radius 2 is 1.68 bits per heavy atom. The second-order valence-electron chi connectivity index (χ2n) is 5.25. The molecule has 0 atom stereocenters. The van der Waals surface area contributed by atoms with E-state index in [9.17, 15) is 4.79 Å². The first-order valence-electron chi connectivity index (χ1n) is 7.44. The molecule has 0 aliphatic carbocycles. The van der Waals surface area contributed by atoms with Gasteiger partial charge in [-0.25, -0.2) is 0 Å². The van der Waals surface area contributed by atoms with Gasteiger partial charge in [0.05, 0.1) is 0 Å². The first kappa shape index (κ1) is 16.2. The van der Waals surface area contributed by atoms with Crippen LogP contribution in [0.4, 0.5) is 0 Å². The molecule has 2 heteroatoms. The van der Waals surface area contributed by atoms with Crippen molar-refractivity contribution in [3.05, 3.63) is 34.3 Å². The Morgan fingerprint density at radius 1 is 1.05 bits per heavy atom. The van der Waals surface area contributed by atoms with Gasteiger partial charge in [0.2, 0.25) is 0 Å². The van der Waals surface area contributed by atoms with Crippen LogP contribution in [0.25, 0.3) is 0 Å². The Morgan fingerprint density at radius 3 is 2.32 bits per heavy atom. The molecule has 0 fully saturated rings. The van der Waals surface area contributed by atoms with Crippen molar-refractivity contribution >= 4 is 17.4 Å². The fraction of sp³-hybridized carbons (Fsp3) is 0.588. The van der Waals surface area contributed by atoms with Gasteiger partial charge in [0.1, 0.15) is 0 Å². The molecule has 106 valence electrons. The van der Waals surface area contributed by atoms with Crippen LogP contribution in [0.3, 0.4) is 0 Å². The molecule has 0 saturated heterocycles. The van der Waals surface area contributed by atoms with Gasteiger partial charge in [-0.3, -0.25) is 4.79 Å². The summed E-state index contributed by atoms with van der Waals surface area (Å²) in [6, 6.07) is 5.51. The van der Waals surface area contributed by atoms with Crippen LogP contribution in [0, 0.1) is 6.92 Å². The zero-order valence-corrected chi connectivity index (χ0v) is 12.9. The number of carbonyl (C=O) groups is 1. The molecule has 0 aliphatic heterocycles. The molecular weight excluding hydrogens is 256 g/mol. The summed E-state index contributed by atoms with van der Waals surface area (Å²) >= 11 is 5.90. The van der Waals surface area contributed by atoms with E-state index in [-0.39, 0.29) is 5.78 Å². The molecule has 0 N–H and O–H groups in total. The van der Waals surface area contributed by atoms with Gasteiger partial charge in [-0.1, -0.05) is 57.0 Å². The van der Waals surface area contributed by atoms with Crippen LogP contribution in [-0.4, -0.2) is 5.78 Å². The fourth-order valence-corrected chi connectivity index (χ4v) is 2.54. The quantitative estimate of drug-likeness (QED) is 0.402. The number of halogens is 1. The van der Waals surface area contributed by atoms with Crippen LogP contribution < -0.4 is 0 Å². The smallest absolute Gasteiger partial charge is 0.163 e. The number of carbonyl (C=O) groups excluding carboxylic acids is 1. The molecule has 0 radical (unpaired) electrons. The summed E-state index contributed by atoms with van der Waals surface area (Å²) < 4.78 is 0. The summed E-state index contributed by atoms with van der Waals surface area (Å²) in [6.45, 7) is 4.18. The average molecular weight is 281 g/mol. The number of aryl methyl sites for hydroxylation is 1. The van der Waals surface area contributed by atoms with Crippen LogP contribution in [0.15, 0.2) is 18.2 Å². The number of ketones is 1. The van der Waals surface area contributed by atoms with E-state index in [1.165, 1.54) is 38.5 Å². The van der Waals surface area contributed by atoms with E-state index < -0.39 is 0 Å². The third-order valence-corrected chi connectivity index (χ3v) is 3.73. The Balaban J connectivity index is 2.24. The van der Waals surface area contributed by atoms with Gasteiger partial charge < -0.3 is 0 Å². The van der Waals surface area contributed by atoms with Crippen molar-refractivity contribution in [2.45, 2.75) is 65.2 Å². The predicted molar refractivity (Wildman–Crippen MR) is 83.1 cm³/mol. The predicted octanol–water partition coefficient (Wildman–Crippen LogP) is 5.97. The molecule has 0 spiro atoms. The first-order valence-corrected chi connectivity index (χ1v) is 7.82. The van der Waals surface area contributed by atoms with Crippen molar-refractivity contribution in [2.75, 3.05) is 0 Å². The number of unbranched alkanes of at least 4 members (excludes halogenated alkanes) is 6. The highest BCUT2D eigenvalue weighted by Gasteiger charge is 2.08. The Labute approximate surface area is 122 Å². The third-order valence-electron chi connectivity index (χ3n) is 3.50. The van der Waals surface area contributed by atoms with Crippen molar-refractivity contribution < 1.29 is 4.79 Å². The molecule has 1 nitrogen and oxygen atoms in total. The van der Waals surface area contributed by atoms with Crippen LogP contribution in [0.1, 0.15) is 74.2 Å². The van der Waals surface area contributed by atoms with Gasteiger partial charge in [-0.05, 0) is 37.1 Å². The minimum absolute atomic E-state index is 0.253. The Kier molecular flexibility index (Phi) is 7.81. The van der Waals surface area contributed by atoms with Gasteiger partial charge >= 0.3 is 0 Å². The maximum Gasteiger partial charge on any atom is 0.163 e. The molecule has 0 aromatic heterocycles. The number of rotatable bonds is 9. The van der Waals surface area contributed by atoms with Gasteiger partial charge in [0, 0.05) is 17.0 Å². The van der Waals surface area contributed by atoms with Crippen LogP contribution in [0.2, 0.25) is 5.02 Å². The summed E-state index contributed by atoms with van der Waals surface area (Å²) in [7, 11) is 0. The highest BCUT2D eigenvalue weighted by atomic mass is 35.5. The lowest BCUT2D eigenvalue weighted by Crippen LogP contribution is -2.01. The molecule has 19 heavy (non-hydrogen) atoms. The minimum Gasteiger partial charge on any atom is -0.294 e. The van der Waals surface area contributed by atoms with Gasteiger partial charge in [-0.2, -0.15) is 0 Å². The van der Waals surface area contributed by atoms with E-state index >= 15 is 0 Å². The maximum atomic E-state index is 12.1. The normalized spacial score (nSPS) is 10.7. The van der Waals surface area contributed by atoms with E-state index in [1.54, 1.807) is 6.07 Å². The van der Waals surface area contributed by atoms with Crippen molar-refractivity contribution in [1.29, 1.82) is 0 Å². The van der Waals surface area contributed by atoms with E-state index in [0.717, 1.165) is 17.5 Å². The molecule has 1 aromatic carbocycles. The summed E-state index contributed by atoms with van der Waals surface area (Å²) in [6.07, 6.45) is 9.36. The molecule has 0 saturated carbocycles. The van der Waals surface area contributed by atoms with Crippen molar-refractivity contribution in [3.8, 4) is 0 Å². The summed E-state index contributed by atoms with van der Waals surface area (Å²) in [4.78, 5) is 12.1. The molecular formula is C17H25ClO. The molecule has 1 rings (SSSR count). The second-order valence-corrected chi connectivity index (χ2v) is 5.69. The summed E-state index contributed by atoms with van der Waals surface area (Å²) in [5.41, 5.74) is 1.82. The van der Waals surface area contributed by atoms with Gasteiger partial charge in [0.25, 0.3) is 0 Å². The lowest BCUT2D eigenvalue weighted by Gasteiger charge is -2.05. The largest absolute Gasteiger partial charge is 0.294 e. The van der Waals surface area contributed by atoms with Crippen molar-refractivity contribution in [2.24, 2.45) is 0 Å². The lowest BCUT2D eigenvalue weighted by atomic mass is 10.00. The topological polar surface area (TPSA) is 17.1 Å². The molecule has 0 unspecified atom stereocenters. The molecule has 0 amide bonds. The van der Waals surface area contributed by atoms with E-state index in [2.05, 4.69) is 6.92 Å². The number of hydrogen-bond donors (Lipinski definition) is 0. The third kappa shape index (κ3) is 6.24. The maximum absolute atomic E-state index is 12.1. The van der Waals surface area contributed by atoms with Crippen LogP contribution in [0.5, 0.6) is 0 Å². The Hall–Kier alpha value is -0.820. The van der Waals surface area contributed by atoms with E-state index in [0.29, 0.717) is 11.4 Å². The number of benzene rings is 1. The molecule has 0 bridgehead atoms. The zero-order valence-electron chi connectivity index (χ0n) is 12.2. The molecule has 1 aromatic rings. The Bertz CT molecular complexity index is 398. The first-order chi connectivity index (χ1) is 9.15. The number of hydrogen-bond acceptors (Lipinski definition) is 1. The van der Waals surface area contributed by atoms with Crippen LogP contribution in [-0.2, 0) is 0 Å². The highest BCUT2D eigenvalue weighted by Crippen LogP contribution is 2.18. The van der Waals surface area contributed by atoms with Crippen molar-refractivity contribution in [3.63, 3.8) is 0 Å². The van der Waals surface area contributed by atoms with E-state index in [1.807, 2.05) is 19.1 Å². The fourth-order valence-electron chi connectivity index (χ4n) is 2.32. The lowest BCUT2D eigenvalue weighted by molar-refractivity contribution is 0.0978. The minimum atomic E-state index is 0.253. The second kappa shape index (κ2) is 9.14. The highest BCUT2D eigenvalue weighted by molar-refractivity contribution is 6.30. The zero-order chi connectivity index (χ0) is 14.1. The van der Waals surface area contributed by atoms with Gasteiger partial charge in [0.15, 0.2) is 5.78 Å². The SMILES string of the molecule is CCCCCCCCCC(=O)c1ccc(Cl)cc1C. The summed E-state index contributed by atoms with van der Waals surface area (Å²) in [5, 5.41) is 0.699. The van der Waals surface area contributed by atoms with Gasteiger partial charge in [-0.15, -0.1) is 0 Å². The monoisotopic (exact) mass is 280 g/mol. The van der Waals surface area contributed by atoms with Crippen LogP contribution >= 0.6 is 11.6 Å². The van der Waals surface area contributed by atoms with E-state index in [4.69, 9.17) is 11.6 Å². The number of Topliss-reactive ketones (excluding diaryl/α,β-unsaturated/α-hetero) is 1. The summed E-state index contributed by atoms with van der Waals surface area (Å²) in [5.74, 6) is 0.253. The molecule has 0 aliphatic rings. The van der Waals surface area contributed by atoms with Crippen molar-refractivity contribution in [1.82, 2.24) is 0 Å². The molecule has 0 heterocycles. The standard InChI is InChI=1S/C17H25ClO/c1-3-4-5-6-7-8-9-10-17(19)16-12-11-15(18)13-14(16)2/h11-13H,3-10H2,1-2H3.